The molecule has 0 amide bonds. The van der Waals surface area contributed by atoms with Crippen molar-refractivity contribution >= 4 is 5.71 Å². The van der Waals surface area contributed by atoms with Crippen molar-refractivity contribution in [2.24, 2.45) is 5.16 Å². The summed E-state index contributed by atoms with van der Waals surface area (Å²) in [5.74, 6) is 1.63. The molecule has 4 heteroatoms. The van der Waals surface area contributed by atoms with Crippen molar-refractivity contribution in [1.29, 1.82) is 0 Å². The Kier molecular flexibility index (Phi) is 3.52. The number of hydrogen-bond donors (Lipinski definition) is 0. The molecular formula is C13H17NO3. The molecule has 0 unspecified atom stereocenters. The lowest BCUT2D eigenvalue weighted by Gasteiger charge is -2.19. The third kappa shape index (κ3) is 2.70. The van der Waals surface area contributed by atoms with Gasteiger partial charge in [-0.3, -0.25) is 0 Å². The van der Waals surface area contributed by atoms with E-state index in [9.17, 15) is 0 Å². The molecule has 17 heavy (non-hydrogen) atoms. The van der Waals surface area contributed by atoms with E-state index in [0.29, 0.717) is 6.61 Å². The number of methoxy groups -OCH3 is 1. The van der Waals surface area contributed by atoms with Crippen LogP contribution in [0.5, 0.6) is 11.5 Å². The van der Waals surface area contributed by atoms with Gasteiger partial charge in [-0.2, -0.15) is 0 Å². The van der Waals surface area contributed by atoms with Crippen LogP contribution in [0.1, 0.15) is 25.8 Å². The van der Waals surface area contributed by atoms with Crippen LogP contribution in [0.15, 0.2) is 23.4 Å². The van der Waals surface area contributed by atoms with Gasteiger partial charge in [0.05, 0.1) is 19.4 Å². The van der Waals surface area contributed by atoms with Crippen LogP contribution in [0, 0.1) is 0 Å². The number of oxime groups is 1. The number of benzene rings is 1. The first kappa shape index (κ1) is 11.8. The molecular weight excluding hydrogens is 218 g/mol. The van der Waals surface area contributed by atoms with E-state index in [4.69, 9.17) is 14.3 Å². The van der Waals surface area contributed by atoms with Crippen molar-refractivity contribution in [1.82, 2.24) is 0 Å². The Morgan fingerprint density at radius 2 is 2.18 bits per heavy atom. The minimum atomic E-state index is 0.0828. The van der Waals surface area contributed by atoms with Crippen LogP contribution in [-0.4, -0.2) is 25.5 Å². The summed E-state index contributed by atoms with van der Waals surface area (Å²) in [7, 11) is 1.65. The molecule has 1 heterocycles. The van der Waals surface area contributed by atoms with E-state index in [1.165, 1.54) is 0 Å². The van der Waals surface area contributed by atoms with Crippen LogP contribution in [0.2, 0.25) is 0 Å². The first-order valence-electron chi connectivity index (χ1n) is 5.74. The Balaban J connectivity index is 2.31. The number of fused-ring (bicyclic) bond motifs is 1. The summed E-state index contributed by atoms with van der Waals surface area (Å²) < 4.78 is 10.8. The van der Waals surface area contributed by atoms with Crippen LogP contribution in [0.3, 0.4) is 0 Å². The van der Waals surface area contributed by atoms with E-state index >= 15 is 0 Å². The molecule has 1 aromatic carbocycles. The summed E-state index contributed by atoms with van der Waals surface area (Å²) in [5.41, 5.74) is 1.87. The van der Waals surface area contributed by atoms with Crippen molar-refractivity contribution in [2.75, 3.05) is 13.7 Å². The van der Waals surface area contributed by atoms with Gasteiger partial charge in [0.2, 0.25) is 0 Å². The van der Waals surface area contributed by atoms with Gasteiger partial charge in [-0.1, -0.05) is 5.16 Å². The Morgan fingerprint density at radius 1 is 1.35 bits per heavy atom. The Labute approximate surface area is 101 Å². The van der Waals surface area contributed by atoms with Gasteiger partial charge in [0, 0.05) is 12.0 Å². The summed E-state index contributed by atoms with van der Waals surface area (Å²) in [4.78, 5) is 5.30. The molecule has 0 radical (unpaired) electrons. The molecule has 1 aliphatic heterocycles. The minimum absolute atomic E-state index is 0.0828. The fourth-order valence-corrected chi connectivity index (χ4v) is 1.64. The highest BCUT2D eigenvalue weighted by Gasteiger charge is 2.18. The normalized spacial score (nSPS) is 16.6. The van der Waals surface area contributed by atoms with Crippen molar-refractivity contribution in [2.45, 2.75) is 26.4 Å². The number of ether oxygens (including phenoxy) is 2. The number of nitrogens with zero attached hydrogens (tertiary/aromatic N) is 1. The quantitative estimate of drug-likeness (QED) is 0.756. The van der Waals surface area contributed by atoms with Gasteiger partial charge in [-0.05, 0) is 32.0 Å². The van der Waals surface area contributed by atoms with E-state index < -0.39 is 0 Å². The molecule has 92 valence electrons. The zero-order chi connectivity index (χ0) is 12.3. The third-order valence-corrected chi connectivity index (χ3v) is 2.47. The predicted octanol–water partition coefficient (Wildman–Crippen LogP) is 2.61. The molecule has 0 N–H and O–H groups in total. The summed E-state index contributed by atoms with van der Waals surface area (Å²) in [6.07, 6.45) is 0.840. The molecule has 4 nitrogen and oxygen atoms in total. The van der Waals surface area contributed by atoms with Crippen molar-refractivity contribution in [3.8, 4) is 11.5 Å². The topological polar surface area (TPSA) is 40.0 Å². The third-order valence-electron chi connectivity index (χ3n) is 2.47. The number of hydrogen-bond acceptors (Lipinski definition) is 4. The van der Waals surface area contributed by atoms with Crippen LogP contribution in [0.25, 0.3) is 0 Å². The van der Waals surface area contributed by atoms with E-state index in [0.717, 1.165) is 29.2 Å². The maximum absolute atomic E-state index is 5.57. The van der Waals surface area contributed by atoms with Gasteiger partial charge in [-0.15, -0.1) is 0 Å². The molecule has 0 aliphatic carbocycles. The molecule has 0 aromatic heterocycles. The van der Waals surface area contributed by atoms with Crippen LogP contribution in [-0.2, 0) is 4.84 Å². The largest absolute Gasteiger partial charge is 0.497 e. The molecule has 1 aromatic rings. The monoisotopic (exact) mass is 235 g/mol. The van der Waals surface area contributed by atoms with Gasteiger partial charge < -0.3 is 14.3 Å². The first-order valence-corrected chi connectivity index (χ1v) is 5.74. The number of rotatable bonds is 3. The molecule has 0 saturated heterocycles. The average Bonchev–Trinajstić information content (AvgIpc) is 2.35. The predicted molar refractivity (Wildman–Crippen MR) is 65.9 cm³/mol. The van der Waals surface area contributed by atoms with E-state index in [2.05, 4.69) is 5.16 Å². The minimum Gasteiger partial charge on any atom is -0.497 e. The fourth-order valence-electron chi connectivity index (χ4n) is 1.64. The van der Waals surface area contributed by atoms with Gasteiger partial charge in [0.15, 0.2) is 0 Å². The molecule has 2 rings (SSSR count). The standard InChI is InChI=1S/C13H17NO3/c1-9(2)17-14-12-6-7-16-13-5-4-10(15-3)8-11(12)13/h4-5,8-9H,6-7H2,1-3H3/b14-12+. The second-order valence-electron chi connectivity index (χ2n) is 4.15. The smallest absolute Gasteiger partial charge is 0.128 e. The molecule has 0 bridgehead atoms. The molecule has 0 fully saturated rings. The Hall–Kier alpha value is -1.71. The molecule has 0 atom stereocenters. The lowest BCUT2D eigenvalue weighted by molar-refractivity contribution is 0.0850. The van der Waals surface area contributed by atoms with Crippen LogP contribution < -0.4 is 9.47 Å². The maximum Gasteiger partial charge on any atom is 0.128 e. The molecule has 1 aliphatic rings. The van der Waals surface area contributed by atoms with Crippen LogP contribution in [0.4, 0.5) is 0 Å². The second kappa shape index (κ2) is 5.08. The van der Waals surface area contributed by atoms with Gasteiger partial charge >= 0.3 is 0 Å². The summed E-state index contributed by atoms with van der Waals surface area (Å²) in [6, 6.07) is 5.71. The zero-order valence-electron chi connectivity index (χ0n) is 10.4. The maximum atomic E-state index is 5.57. The Morgan fingerprint density at radius 3 is 2.88 bits per heavy atom. The van der Waals surface area contributed by atoms with E-state index in [-0.39, 0.29) is 6.10 Å². The van der Waals surface area contributed by atoms with Gasteiger partial charge in [-0.25, -0.2) is 0 Å². The fraction of sp³-hybridized carbons (Fsp3) is 0.462. The summed E-state index contributed by atoms with van der Waals surface area (Å²) in [5, 5.41) is 4.18. The first-order chi connectivity index (χ1) is 8.20. The lowest BCUT2D eigenvalue weighted by atomic mass is 10.0. The van der Waals surface area contributed by atoms with Gasteiger partial charge in [0.25, 0.3) is 0 Å². The summed E-state index contributed by atoms with van der Waals surface area (Å²) in [6.45, 7) is 4.55. The highest BCUT2D eigenvalue weighted by atomic mass is 16.6. The van der Waals surface area contributed by atoms with Crippen molar-refractivity contribution in [3.05, 3.63) is 23.8 Å². The van der Waals surface area contributed by atoms with Gasteiger partial charge in [0.1, 0.15) is 17.6 Å². The van der Waals surface area contributed by atoms with Crippen molar-refractivity contribution in [3.63, 3.8) is 0 Å². The van der Waals surface area contributed by atoms with E-state index in [1.807, 2.05) is 32.0 Å². The molecule has 0 saturated carbocycles. The highest BCUT2D eigenvalue weighted by molar-refractivity contribution is 6.03. The SMILES string of the molecule is COc1ccc2c(c1)/C(=N/OC(C)C)CCO2. The lowest BCUT2D eigenvalue weighted by Crippen LogP contribution is -2.17. The zero-order valence-corrected chi connectivity index (χ0v) is 10.4. The Bertz CT molecular complexity index is 427. The van der Waals surface area contributed by atoms with Crippen LogP contribution >= 0.6 is 0 Å². The second-order valence-corrected chi connectivity index (χ2v) is 4.15. The van der Waals surface area contributed by atoms with E-state index in [1.54, 1.807) is 7.11 Å². The molecule has 0 spiro atoms. The average molecular weight is 235 g/mol. The summed E-state index contributed by atoms with van der Waals surface area (Å²) >= 11 is 0. The van der Waals surface area contributed by atoms with Crippen molar-refractivity contribution < 1.29 is 14.3 Å². The highest BCUT2D eigenvalue weighted by Crippen LogP contribution is 2.29.